The topological polar surface area (TPSA) is 124 Å². The van der Waals surface area contributed by atoms with E-state index < -0.39 is 16.0 Å². The standard InChI is InChI=1S/C15H21N5O4/c1-3-19(4-2)6-5-16-9-10-7-11(20(23)24)8-12-13(10)18-15(22)14(21)17-12/h7-8,16H,3-6,9H2,1-2H3,(H,17,21)(H,18,22). The van der Waals surface area contributed by atoms with Gasteiger partial charge in [-0.25, -0.2) is 0 Å². The average molecular weight is 335 g/mol. The van der Waals surface area contributed by atoms with Crippen molar-refractivity contribution in [2.75, 3.05) is 26.2 Å². The summed E-state index contributed by atoms with van der Waals surface area (Å²) in [5.74, 6) is 0. The minimum atomic E-state index is -0.830. The normalized spacial score (nSPS) is 11.3. The molecule has 0 fully saturated rings. The molecule has 24 heavy (non-hydrogen) atoms. The minimum absolute atomic E-state index is 0.134. The van der Waals surface area contributed by atoms with Crippen molar-refractivity contribution < 1.29 is 4.92 Å². The van der Waals surface area contributed by atoms with Crippen molar-refractivity contribution in [2.24, 2.45) is 0 Å². The quantitative estimate of drug-likeness (QED) is 0.280. The molecule has 9 nitrogen and oxygen atoms in total. The summed E-state index contributed by atoms with van der Waals surface area (Å²) in [6.07, 6.45) is 0. The molecule has 3 N–H and O–H groups in total. The summed E-state index contributed by atoms with van der Waals surface area (Å²) in [6.45, 7) is 7.98. The second-order valence-electron chi connectivity index (χ2n) is 5.40. The summed E-state index contributed by atoms with van der Waals surface area (Å²) in [5.41, 5.74) is -0.531. The third-order valence-electron chi connectivity index (χ3n) is 3.92. The van der Waals surface area contributed by atoms with E-state index in [1.807, 2.05) is 0 Å². The predicted molar refractivity (Wildman–Crippen MR) is 91.3 cm³/mol. The van der Waals surface area contributed by atoms with Crippen LogP contribution < -0.4 is 16.4 Å². The van der Waals surface area contributed by atoms with Gasteiger partial charge in [0.2, 0.25) is 0 Å². The van der Waals surface area contributed by atoms with Crippen LogP contribution in [0.5, 0.6) is 0 Å². The third kappa shape index (κ3) is 4.06. The highest BCUT2D eigenvalue weighted by Gasteiger charge is 2.13. The molecule has 0 saturated heterocycles. The van der Waals surface area contributed by atoms with Crippen LogP contribution in [0, 0.1) is 10.1 Å². The average Bonchev–Trinajstić information content (AvgIpc) is 2.56. The van der Waals surface area contributed by atoms with Crippen molar-refractivity contribution >= 4 is 16.7 Å². The zero-order chi connectivity index (χ0) is 17.7. The first-order valence-electron chi connectivity index (χ1n) is 7.83. The Kier molecular flexibility index (Phi) is 5.83. The number of nitro benzene ring substituents is 1. The number of aromatic amines is 2. The van der Waals surface area contributed by atoms with Gasteiger partial charge in [-0.3, -0.25) is 19.7 Å². The Balaban J connectivity index is 2.27. The van der Waals surface area contributed by atoms with Crippen LogP contribution in [0.25, 0.3) is 11.0 Å². The third-order valence-corrected chi connectivity index (χ3v) is 3.92. The summed E-state index contributed by atoms with van der Waals surface area (Å²) < 4.78 is 0. The molecular weight excluding hydrogens is 314 g/mol. The first-order chi connectivity index (χ1) is 11.5. The van der Waals surface area contributed by atoms with E-state index >= 15 is 0 Å². The molecule has 0 aliphatic carbocycles. The van der Waals surface area contributed by atoms with Crippen LogP contribution in [0.1, 0.15) is 19.4 Å². The molecule has 0 spiro atoms. The summed E-state index contributed by atoms with van der Waals surface area (Å²) in [6, 6.07) is 2.65. The van der Waals surface area contributed by atoms with Gasteiger partial charge in [0.05, 0.1) is 16.0 Å². The Hall–Kier alpha value is -2.52. The van der Waals surface area contributed by atoms with Gasteiger partial charge in [0.25, 0.3) is 5.69 Å². The zero-order valence-electron chi connectivity index (χ0n) is 13.7. The molecule has 0 atom stereocenters. The second-order valence-corrected chi connectivity index (χ2v) is 5.40. The van der Waals surface area contributed by atoms with Gasteiger partial charge in [-0.1, -0.05) is 13.8 Å². The molecule has 2 rings (SSSR count). The van der Waals surface area contributed by atoms with Gasteiger partial charge >= 0.3 is 11.1 Å². The molecule has 0 unspecified atom stereocenters. The maximum absolute atomic E-state index is 11.5. The van der Waals surface area contributed by atoms with Gasteiger partial charge in [0.15, 0.2) is 0 Å². The Bertz CT molecular complexity index is 838. The van der Waals surface area contributed by atoms with Crippen LogP contribution >= 0.6 is 0 Å². The van der Waals surface area contributed by atoms with E-state index in [1.165, 1.54) is 12.1 Å². The molecule has 0 bridgehead atoms. The van der Waals surface area contributed by atoms with Crippen molar-refractivity contribution in [3.8, 4) is 0 Å². The molecule has 0 aliphatic rings. The van der Waals surface area contributed by atoms with Gasteiger partial charge in [-0.15, -0.1) is 0 Å². The molecular formula is C15H21N5O4. The van der Waals surface area contributed by atoms with Gasteiger partial charge in [-0.2, -0.15) is 0 Å². The summed E-state index contributed by atoms with van der Waals surface area (Å²) in [7, 11) is 0. The van der Waals surface area contributed by atoms with Crippen LogP contribution in [0.4, 0.5) is 5.69 Å². The number of nitrogens with zero attached hydrogens (tertiary/aromatic N) is 2. The lowest BCUT2D eigenvalue weighted by Gasteiger charge is -2.18. The van der Waals surface area contributed by atoms with E-state index in [2.05, 4.69) is 34.0 Å². The number of non-ortho nitro benzene ring substituents is 1. The fourth-order valence-electron chi connectivity index (χ4n) is 2.53. The first-order valence-corrected chi connectivity index (χ1v) is 7.83. The van der Waals surface area contributed by atoms with Crippen molar-refractivity contribution in [2.45, 2.75) is 20.4 Å². The fourth-order valence-corrected chi connectivity index (χ4v) is 2.53. The van der Waals surface area contributed by atoms with E-state index in [1.54, 1.807) is 0 Å². The van der Waals surface area contributed by atoms with Gasteiger partial charge < -0.3 is 20.2 Å². The highest BCUT2D eigenvalue weighted by molar-refractivity contribution is 5.80. The maximum atomic E-state index is 11.5. The summed E-state index contributed by atoms with van der Waals surface area (Å²) >= 11 is 0. The van der Waals surface area contributed by atoms with Crippen LogP contribution in [-0.4, -0.2) is 46.0 Å². The molecule has 1 aromatic carbocycles. The van der Waals surface area contributed by atoms with Crippen molar-refractivity contribution in [3.63, 3.8) is 0 Å². The Morgan fingerprint density at radius 3 is 2.46 bits per heavy atom. The minimum Gasteiger partial charge on any atom is -0.316 e. The van der Waals surface area contributed by atoms with E-state index in [4.69, 9.17) is 0 Å². The van der Waals surface area contributed by atoms with E-state index in [0.29, 0.717) is 24.2 Å². The monoisotopic (exact) mass is 335 g/mol. The summed E-state index contributed by atoms with van der Waals surface area (Å²) in [5, 5.41) is 14.3. The van der Waals surface area contributed by atoms with Crippen molar-refractivity contribution in [3.05, 3.63) is 48.5 Å². The summed E-state index contributed by atoms with van der Waals surface area (Å²) in [4.78, 5) is 40.6. The van der Waals surface area contributed by atoms with Crippen LogP contribution in [0.15, 0.2) is 21.7 Å². The molecule has 1 heterocycles. The number of aromatic nitrogens is 2. The Morgan fingerprint density at radius 1 is 1.17 bits per heavy atom. The van der Waals surface area contributed by atoms with Crippen LogP contribution in [-0.2, 0) is 6.54 Å². The predicted octanol–water partition coefficient (Wildman–Crippen LogP) is 0.556. The number of hydrogen-bond donors (Lipinski definition) is 3. The SMILES string of the molecule is CCN(CC)CCNCc1cc([N+](=O)[O-])cc2[nH]c(=O)c(=O)[nH]c12. The molecule has 130 valence electrons. The molecule has 0 amide bonds. The zero-order valence-corrected chi connectivity index (χ0v) is 13.7. The molecule has 0 aliphatic heterocycles. The number of benzene rings is 1. The van der Waals surface area contributed by atoms with Crippen LogP contribution in [0.2, 0.25) is 0 Å². The smallest absolute Gasteiger partial charge is 0.314 e. The van der Waals surface area contributed by atoms with Crippen molar-refractivity contribution in [1.29, 1.82) is 0 Å². The lowest BCUT2D eigenvalue weighted by molar-refractivity contribution is -0.384. The largest absolute Gasteiger partial charge is 0.316 e. The lowest BCUT2D eigenvalue weighted by atomic mass is 10.1. The van der Waals surface area contributed by atoms with Crippen molar-refractivity contribution in [1.82, 2.24) is 20.2 Å². The molecule has 1 aromatic heterocycles. The number of nitro groups is 1. The number of H-pyrrole nitrogens is 2. The number of nitrogens with one attached hydrogen (secondary N) is 3. The maximum Gasteiger partial charge on any atom is 0.314 e. The number of rotatable bonds is 8. The van der Waals surface area contributed by atoms with Gasteiger partial charge in [-0.05, 0) is 18.7 Å². The number of fused-ring (bicyclic) bond motifs is 1. The van der Waals surface area contributed by atoms with Gasteiger partial charge in [0.1, 0.15) is 0 Å². The number of likely N-dealkylation sites (N-methyl/N-ethyl adjacent to an activating group) is 1. The highest BCUT2D eigenvalue weighted by atomic mass is 16.6. The number of hydrogen-bond acceptors (Lipinski definition) is 6. The van der Waals surface area contributed by atoms with Crippen LogP contribution in [0.3, 0.4) is 0 Å². The van der Waals surface area contributed by atoms with E-state index in [9.17, 15) is 19.7 Å². The second kappa shape index (κ2) is 7.84. The van der Waals surface area contributed by atoms with Gasteiger partial charge in [0, 0.05) is 31.8 Å². The Morgan fingerprint density at radius 2 is 1.83 bits per heavy atom. The molecule has 9 heteroatoms. The Labute approximate surface area is 137 Å². The van der Waals surface area contributed by atoms with E-state index in [-0.39, 0.29) is 11.2 Å². The first kappa shape index (κ1) is 17.8. The fraction of sp³-hybridized carbons (Fsp3) is 0.467. The molecule has 2 aromatic rings. The van der Waals surface area contributed by atoms with E-state index in [0.717, 1.165) is 19.6 Å². The molecule has 0 saturated carbocycles. The highest BCUT2D eigenvalue weighted by Crippen LogP contribution is 2.21. The lowest BCUT2D eigenvalue weighted by Crippen LogP contribution is -2.32. The molecule has 0 radical (unpaired) electrons.